The standard InChI is InChI=1S/C6H7NO2/c1-2-3-4-6(8)9-5-7/h3-4H,2H2,1H3. The van der Waals surface area contributed by atoms with Crippen molar-refractivity contribution in [3.63, 3.8) is 0 Å². The van der Waals surface area contributed by atoms with Gasteiger partial charge in [0.25, 0.3) is 6.26 Å². The Morgan fingerprint density at radius 2 is 2.56 bits per heavy atom. The fourth-order valence-corrected chi connectivity index (χ4v) is 0.293. The lowest BCUT2D eigenvalue weighted by molar-refractivity contribution is -0.131. The fraction of sp³-hybridized carbons (Fsp3) is 0.333. The van der Waals surface area contributed by atoms with Gasteiger partial charge in [-0.1, -0.05) is 13.0 Å². The molecule has 3 nitrogen and oxygen atoms in total. The van der Waals surface area contributed by atoms with E-state index in [-0.39, 0.29) is 0 Å². The third-order valence-electron chi connectivity index (χ3n) is 0.636. The van der Waals surface area contributed by atoms with Crippen molar-refractivity contribution >= 4 is 5.97 Å². The predicted octanol–water partition coefficient (Wildman–Crippen LogP) is 0.977. The molecule has 3 heteroatoms. The molecule has 48 valence electrons. The van der Waals surface area contributed by atoms with E-state index in [9.17, 15) is 4.79 Å². The number of hydrogen-bond acceptors (Lipinski definition) is 3. The largest absolute Gasteiger partial charge is 0.347 e. The van der Waals surface area contributed by atoms with Crippen molar-refractivity contribution in [1.29, 1.82) is 5.26 Å². The van der Waals surface area contributed by atoms with Crippen LogP contribution in [0.2, 0.25) is 0 Å². The minimum atomic E-state index is -0.612. The van der Waals surface area contributed by atoms with Gasteiger partial charge in [-0.25, -0.2) is 4.79 Å². The number of allylic oxidation sites excluding steroid dienone is 1. The molecule has 0 fully saturated rings. The predicted molar refractivity (Wildman–Crippen MR) is 31.1 cm³/mol. The first kappa shape index (κ1) is 7.70. The summed E-state index contributed by atoms with van der Waals surface area (Å²) in [6, 6.07) is 0. The molecule has 0 atom stereocenters. The topological polar surface area (TPSA) is 50.1 Å². The Morgan fingerprint density at radius 1 is 1.89 bits per heavy atom. The van der Waals surface area contributed by atoms with E-state index in [2.05, 4.69) is 4.74 Å². The molecule has 0 saturated carbocycles. The molecular weight excluding hydrogens is 118 g/mol. The zero-order valence-corrected chi connectivity index (χ0v) is 5.13. The van der Waals surface area contributed by atoms with Gasteiger partial charge in [-0.05, 0) is 6.42 Å². The number of nitrogens with zero attached hydrogens (tertiary/aromatic N) is 1. The molecule has 0 aromatic rings. The summed E-state index contributed by atoms with van der Waals surface area (Å²) in [6.45, 7) is 1.89. The summed E-state index contributed by atoms with van der Waals surface area (Å²) in [5.41, 5.74) is 0. The molecule has 0 aliphatic rings. The number of nitriles is 1. The average molecular weight is 125 g/mol. The number of carbonyl (C=O) groups excluding carboxylic acids is 1. The number of esters is 1. The Labute approximate surface area is 53.5 Å². The maximum Gasteiger partial charge on any atom is 0.345 e. The van der Waals surface area contributed by atoms with Gasteiger partial charge in [-0.2, -0.15) is 0 Å². The van der Waals surface area contributed by atoms with Gasteiger partial charge >= 0.3 is 5.97 Å². The highest BCUT2D eigenvalue weighted by Gasteiger charge is 1.90. The van der Waals surface area contributed by atoms with Crippen LogP contribution in [0.3, 0.4) is 0 Å². The highest BCUT2D eigenvalue weighted by Crippen LogP contribution is 1.82. The van der Waals surface area contributed by atoms with Gasteiger partial charge in [0.1, 0.15) is 0 Å². The zero-order chi connectivity index (χ0) is 7.11. The highest BCUT2D eigenvalue weighted by atomic mass is 16.5. The number of hydrogen-bond donors (Lipinski definition) is 0. The second-order valence-corrected chi connectivity index (χ2v) is 1.32. The summed E-state index contributed by atoms with van der Waals surface area (Å²) in [5, 5.41) is 7.81. The zero-order valence-electron chi connectivity index (χ0n) is 5.13. The van der Waals surface area contributed by atoms with Crippen LogP contribution in [-0.4, -0.2) is 5.97 Å². The summed E-state index contributed by atoms with van der Waals surface area (Å²) in [5.74, 6) is -0.612. The van der Waals surface area contributed by atoms with E-state index in [0.717, 1.165) is 6.42 Å². The fourth-order valence-electron chi connectivity index (χ4n) is 0.293. The van der Waals surface area contributed by atoms with Gasteiger partial charge in [0.2, 0.25) is 0 Å². The smallest absolute Gasteiger partial charge is 0.345 e. The van der Waals surface area contributed by atoms with Crippen LogP contribution in [0.1, 0.15) is 13.3 Å². The van der Waals surface area contributed by atoms with Crippen molar-refractivity contribution in [3.8, 4) is 6.26 Å². The van der Waals surface area contributed by atoms with E-state index >= 15 is 0 Å². The van der Waals surface area contributed by atoms with Gasteiger partial charge in [0, 0.05) is 6.08 Å². The molecular formula is C6H7NO2. The van der Waals surface area contributed by atoms with Crippen LogP contribution in [0.5, 0.6) is 0 Å². The Balaban J connectivity index is 3.53. The lowest BCUT2D eigenvalue weighted by atomic mass is 10.4. The molecule has 0 unspecified atom stereocenters. The van der Waals surface area contributed by atoms with Crippen LogP contribution < -0.4 is 0 Å². The quantitative estimate of drug-likeness (QED) is 0.314. The highest BCUT2D eigenvalue weighted by molar-refractivity contribution is 5.82. The van der Waals surface area contributed by atoms with E-state index in [0.29, 0.717) is 0 Å². The van der Waals surface area contributed by atoms with Gasteiger partial charge in [-0.3, -0.25) is 0 Å². The summed E-state index contributed by atoms with van der Waals surface area (Å²) in [6.07, 6.45) is 4.89. The Kier molecular flexibility index (Phi) is 4.15. The van der Waals surface area contributed by atoms with E-state index in [1.807, 2.05) is 6.92 Å². The van der Waals surface area contributed by atoms with Crippen molar-refractivity contribution in [2.45, 2.75) is 13.3 Å². The monoisotopic (exact) mass is 125 g/mol. The second-order valence-electron chi connectivity index (χ2n) is 1.32. The van der Waals surface area contributed by atoms with Crippen molar-refractivity contribution < 1.29 is 9.53 Å². The van der Waals surface area contributed by atoms with Crippen LogP contribution in [-0.2, 0) is 9.53 Å². The molecule has 0 amide bonds. The van der Waals surface area contributed by atoms with Gasteiger partial charge in [0.05, 0.1) is 0 Å². The molecule has 0 rings (SSSR count). The summed E-state index contributed by atoms with van der Waals surface area (Å²) < 4.78 is 3.92. The van der Waals surface area contributed by atoms with Crippen molar-refractivity contribution in [3.05, 3.63) is 12.2 Å². The third kappa shape index (κ3) is 4.56. The van der Waals surface area contributed by atoms with Gasteiger partial charge in [0.15, 0.2) is 0 Å². The molecule has 0 radical (unpaired) electrons. The van der Waals surface area contributed by atoms with Crippen LogP contribution in [0.25, 0.3) is 0 Å². The third-order valence-corrected chi connectivity index (χ3v) is 0.636. The van der Waals surface area contributed by atoms with E-state index in [1.165, 1.54) is 12.3 Å². The second kappa shape index (κ2) is 4.85. The minimum absolute atomic E-state index is 0.612. The first-order valence-electron chi connectivity index (χ1n) is 2.57. The normalized spacial score (nSPS) is 8.89. The maximum atomic E-state index is 10.3. The minimum Gasteiger partial charge on any atom is -0.347 e. The summed E-state index contributed by atoms with van der Waals surface area (Å²) >= 11 is 0. The van der Waals surface area contributed by atoms with Crippen molar-refractivity contribution in [2.24, 2.45) is 0 Å². The SMILES string of the molecule is CCC=CC(=O)OC#N. The molecule has 0 bridgehead atoms. The first-order chi connectivity index (χ1) is 4.31. The first-order valence-corrected chi connectivity index (χ1v) is 2.57. The van der Waals surface area contributed by atoms with E-state index in [1.54, 1.807) is 6.08 Å². The molecule has 0 N–H and O–H groups in total. The van der Waals surface area contributed by atoms with E-state index in [4.69, 9.17) is 5.26 Å². The molecule has 0 aromatic carbocycles. The van der Waals surface area contributed by atoms with Gasteiger partial charge in [-0.15, -0.1) is 5.26 Å². The van der Waals surface area contributed by atoms with Crippen LogP contribution in [0.4, 0.5) is 0 Å². The lowest BCUT2D eigenvalue weighted by Gasteiger charge is -1.81. The van der Waals surface area contributed by atoms with Gasteiger partial charge < -0.3 is 4.74 Å². The Bertz CT molecular complexity index is 155. The number of rotatable bonds is 2. The molecule has 0 saturated heterocycles. The van der Waals surface area contributed by atoms with Crippen LogP contribution in [0.15, 0.2) is 12.2 Å². The summed E-state index contributed by atoms with van der Waals surface area (Å²) in [7, 11) is 0. The number of carbonyl (C=O) groups is 1. The molecule has 0 aliphatic carbocycles. The maximum absolute atomic E-state index is 10.3. The Hall–Kier alpha value is -1.30. The molecule has 0 spiro atoms. The van der Waals surface area contributed by atoms with Crippen LogP contribution >= 0.6 is 0 Å². The van der Waals surface area contributed by atoms with Crippen molar-refractivity contribution in [1.82, 2.24) is 0 Å². The van der Waals surface area contributed by atoms with Crippen LogP contribution in [0, 0.1) is 11.5 Å². The lowest BCUT2D eigenvalue weighted by Crippen LogP contribution is -1.92. The molecule has 9 heavy (non-hydrogen) atoms. The average Bonchev–Trinajstić information content (AvgIpc) is 1.85. The Morgan fingerprint density at radius 3 is 3.00 bits per heavy atom. The molecule has 0 aromatic heterocycles. The van der Waals surface area contributed by atoms with Crippen molar-refractivity contribution in [2.75, 3.05) is 0 Å². The summed E-state index contributed by atoms with van der Waals surface area (Å²) in [4.78, 5) is 10.3. The molecule has 0 heterocycles. The van der Waals surface area contributed by atoms with E-state index < -0.39 is 5.97 Å². The molecule has 0 aliphatic heterocycles. The number of ether oxygens (including phenoxy) is 1.